The van der Waals surface area contributed by atoms with E-state index in [1.165, 1.54) is 19.1 Å². The molecule has 0 aliphatic carbocycles. The van der Waals surface area contributed by atoms with E-state index < -0.39 is 11.7 Å². The maximum absolute atomic E-state index is 13.0. The van der Waals surface area contributed by atoms with Gasteiger partial charge in [-0.25, -0.2) is 4.79 Å². The molecule has 3 aromatic carbocycles. The van der Waals surface area contributed by atoms with E-state index in [9.17, 15) is 19.5 Å². The molecule has 3 aromatic rings. The van der Waals surface area contributed by atoms with Crippen molar-refractivity contribution < 1.29 is 29.0 Å². The fourth-order valence-corrected chi connectivity index (χ4v) is 3.89. The Labute approximate surface area is 208 Å². The Kier molecular flexibility index (Phi) is 8.14. The monoisotopic (exact) mass is 495 g/mol. The lowest BCUT2D eigenvalue weighted by Crippen LogP contribution is -2.37. The van der Waals surface area contributed by atoms with Gasteiger partial charge in [0.2, 0.25) is 0 Å². The number of phenols is 1. The van der Waals surface area contributed by atoms with Gasteiger partial charge in [-0.05, 0) is 73.0 Å². The molecule has 0 aliphatic heterocycles. The van der Waals surface area contributed by atoms with Crippen LogP contribution in [0.5, 0.6) is 17.2 Å². The van der Waals surface area contributed by atoms with E-state index in [-0.39, 0.29) is 23.5 Å². The van der Waals surface area contributed by atoms with E-state index in [1.807, 2.05) is 6.92 Å². The number of primary amides is 1. The van der Waals surface area contributed by atoms with Crippen LogP contribution in [0.3, 0.4) is 0 Å². The van der Waals surface area contributed by atoms with Crippen molar-refractivity contribution in [1.82, 2.24) is 0 Å². The first-order valence-corrected chi connectivity index (χ1v) is 11.4. The predicted molar refractivity (Wildman–Crippen MR) is 132 cm³/mol. The number of amides is 1. The minimum atomic E-state index is -1.40. The van der Waals surface area contributed by atoms with E-state index in [0.29, 0.717) is 40.4 Å². The molecule has 1 atom stereocenters. The van der Waals surface area contributed by atoms with Gasteiger partial charge in [0.05, 0.1) is 5.56 Å². The van der Waals surface area contributed by atoms with E-state index in [2.05, 4.69) is 0 Å². The second kappa shape index (κ2) is 11.1. The fraction of sp³-hybridized carbons (Fsp3) is 0.222. The molecule has 0 unspecified atom stereocenters. The van der Waals surface area contributed by atoms with E-state index >= 15 is 0 Å². The van der Waals surface area contributed by atoms with Crippen molar-refractivity contribution in [3.8, 4) is 17.2 Å². The van der Waals surface area contributed by atoms with Crippen LogP contribution in [0, 0.1) is 0 Å². The molecule has 0 bridgehead atoms. The number of hydrogen-bond donors (Lipinski definition) is 2. The van der Waals surface area contributed by atoms with Crippen molar-refractivity contribution in [1.29, 1.82) is 0 Å². The third kappa shape index (κ3) is 6.61. The van der Waals surface area contributed by atoms with Crippen molar-refractivity contribution in [3.63, 3.8) is 0 Å². The van der Waals surface area contributed by atoms with E-state index in [1.54, 1.807) is 48.5 Å². The molecule has 8 heteroatoms. The van der Waals surface area contributed by atoms with Crippen molar-refractivity contribution in [2.45, 2.75) is 38.7 Å². The third-order valence-corrected chi connectivity index (χ3v) is 5.55. The third-order valence-electron chi connectivity index (χ3n) is 5.31. The Hall–Kier alpha value is -3.84. The summed E-state index contributed by atoms with van der Waals surface area (Å²) in [5.74, 6) is 0.584. The SMILES string of the molecule is CCCc1cc(C(=O)c2ccc(Cl)cc2O)ccc1Oc1cccc(C[C@](C)(C=O)OC(N)=O)c1. The van der Waals surface area contributed by atoms with E-state index in [0.717, 1.165) is 12.0 Å². The number of ketones is 1. The molecule has 1 amide bonds. The van der Waals surface area contributed by atoms with Crippen molar-refractivity contribution in [3.05, 3.63) is 87.9 Å². The number of nitrogens with two attached hydrogens (primary N) is 1. The van der Waals surface area contributed by atoms with Gasteiger partial charge in [0.25, 0.3) is 0 Å². The number of benzene rings is 3. The number of carbonyl (C=O) groups is 3. The quantitative estimate of drug-likeness (QED) is 0.278. The summed E-state index contributed by atoms with van der Waals surface area (Å²) in [5, 5.41) is 10.5. The maximum atomic E-state index is 13.0. The van der Waals surface area contributed by atoms with Gasteiger partial charge < -0.3 is 20.3 Å². The molecule has 0 saturated heterocycles. The Morgan fingerprint density at radius 2 is 1.89 bits per heavy atom. The molecule has 0 radical (unpaired) electrons. The summed E-state index contributed by atoms with van der Waals surface area (Å²) < 4.78 is 11.1. The van der Waals surface area contributed by atoms with Crippen LogP contribution < -0.4 is 10.5 Å². The van der Waals surface area contributed by atoms with Gasteiger partial charge in [-0.15, -0.1) is 0 Å². The fourth-order valence-electron chi connectivity index (χ4n) is 3.72. The van der Waals surface area contributed by atoms with Crippen LogP contribution in [0.1, 0.15) is 47.3 Å². The lowest BCUT2D eigenvalue weighted by molar-refractivity contribution is -0.122. The Morgan fingerprint density at radius 3 is 2.54 bits per heavy atom. The molecule has 3 N–H and O–H groups in total. The summed E-state index contributed by atoms with van der Waals surface area (Å²) >= 11 is 5.88. The lowest BCUT2D eigenvalue weighted by atomic mass is 9.97. The summed E-state index contributed by atoms with van der Waals surface area (Å²) in [6.07, 6.45) is 1.12. The minimum Gasteiger partial charge on any atom is -0.507 e. The zero-order valence-electron chi connectivity index (χ0n) is 19.4. The van der Waals surface area contributed by atoms with E-state index in [4.69, 9.17) is 26.8 Å². The van der Waals surface area contributed by atoms with Crippen molar-refractivity contribution in [2.75, 3.05) is 0 Å². The Balaban J connectivity index is 1.86. The number of carbonyl (C=O) groups excluding carboxylic acids is 3. The molecule has 0 heterocycles. The number of rotatable bonds is 10. The number of aromatic hydroxyl groups is 1. The first-order chi connectivity index (χ1) is 16.6. The van der Waals surface area contributed by atoms with Gasteiger partial charge in [0.15, 0.2) is 17.7 Å². The number of ether oxygens (including phenoxy) is 2. The van der Waals surface area contributed by atoms with Crippen LogP contribution in [-0.2, 0) is 22.4 Å². The maximum Gasteiger partial charge on any atom is 0.405 e. The van der Waals surface area contributed by atoms with Crippen molar-refractivity contribution in [2.24, 2.45) is 5.73 Å². The zero-order chi connectivity index (χ0) is 25.6. The molecule has 7 nitrogen and oxygen atoms in total. The first-order valence-electron chi connectivity index (χ1n) is 11.0. The average Bonchev–Trinajstić information content (AvgIpc) is 2.79. The van der Waals surface area contributed by atoms with Crippen LogP contribution in [0.25, 0.3) is 0 Å². The Morgan fingerprint density at radius 1 is 1.11 bits per heavy atom. The van der Waals surface area contributed by atoms with Crippen LogP contribution in [0.15, 0.2) is 60.7 Å². The molecule has 3 rings (SSSR count). The molecule has 0 saturated carbocycles. The highest BCUT2D eigenvalue weighted by Crippen LogP contribution is 2.31. The molecule has 0 aliphatic rings. The average molecular weight is 496 g/mol. The molecule has 182 valence electrons. The van der Waals surface area contributed by atoms with Gasteiger partial charge in [-0.1, -0.05) is 37.1 Å². The highest BCUT2D eigenvalue weighted by atomic mass is 35.5. The summed E-state index contributed by atoms with van der Waals surface area (Å²) in [4.78, 5) is 35.6. The summed E-state index contributed by atoms with van der Waals surface area (Å²) in [6.45, 7) is 3.49. The van der Waals surface area contributed by atoms with Crippen LogP contribution in [-0.4, -0.2) is 28.9 Å². The van der Waals surface area contributed by atoms with Crippen LogP contribution in [0.2, 0.25) is 5.02 Å². The van der Waals surface area contributed by atoms with Gasteiger partial charge in [0.1, 0.15) is 17.2 Å². The number of halogens is 1. The highest BCUT2D eigenvalue weighted by Gasteiger charge is 2.28. The topological polar surface area (TPSA) is 116 Å². The van der Waals surface area contributed by atoms with Gasteiger partial charge >= 0.3 is 6.09 Å². The summed E-state index contributed by atoms with van der Waals surface area (Å²) in [7, 11) is 0. The molecular weight excluding hydrogens is 470 g/mol. The lowest BCUT2D eigenvalue weighted by Gasteiger charge is -2.22. The first kappa shape index (κ1) is 25.8. The number of phenolic OH excluding ortho intramolecular Hbond substituents is 1. The Bertz CT molecular complexity index is 1260. The van der Waals surface area contributed by atoms with Gasteiger partial charge in [-0.3, -0.25) is 9.59 Å². The largest absolute Gasteiger partial charge is 0.507 e. The molecule has 0 spiro atoms. The standard InChI is InChI=1S/C27H26ClNO6/c1-3-5-18-13-19(25(32)22-10-9-20(28)14-23(22)31)8-11-24(18)34-21-7-4-6-17(12-21)15-27(2,16-30)35-26(29)33/h4,6-14,16,31H,3,5,15H2,1-2H3,(H2,29,33)/t27-/m1/s1. The molecular formula is C27H26ClNO6. The normalized spacial score (nSPS) is 12.4. The van der Waals surface area contributed by atoms with Crippen LogP contribution in [0.4, 0.5) is 4.79 Å². The number of aldehydes is 1. The highest BCUT2D eigenvalue weighted by molar-refractivity contribution is 6.31. The van der Waals surface area contributed by atoms with Gasteiger partial charge in [-0.2, -0.15) is 0 Å². The zero-order valence-corrected chi connectivity index (χ0v) is 20.2. The number of hydrogen-bond acceptors (Lipinski definition) is 6. The van der Waals surface area contributed by atoms with Gasteiger partial charge in [0, 0.05) is 17.0 Å². The second-order valence-electron chi connectivity index (χ2n) is 8.34. The molecule has 0 aromatic heterocycles. The summed E-state index contributed by atoms with van der Waals surface area (Å²) in [6, 6.07) is 16.5. The second-order valence-corrected chi connectivity index (χ2v) is 8.78. The number of aryl methyl sites for hydroxylation is 1. The summed E-state index contributed by atoms with van der Waals surface area (Å²) in [5.41, 5.74) is 5.80. The predicted octanol–water partition coefficient (Wildman–Crippen LogP) is 5.62. The van der Waals surface area contributed by atoms with Crippen molar-refractivity contribution >= 4 is 29.8 Å². The smallest absolute Gasteiger partial charge is 0.405 e. The minimum absolute atomic E-state index is 0.122. The van der Waals surface area contributed by atoms with Crippen LogP contribution >= 0.6 is 11.6 Å². The molecule has 35 heavy (non-hydrogen) atoms. The molecule has 0 fully saturated rings.